The Morgan fingerprint density at radius 3 is 2.31 bits per heavy atom. The Labute approximate surface area is 183 Å². The topological polar surface area (TPSA) is 81.7 Å². The molecule has 2 aliphatic rings. The summed E-state index contributed by atoms with van der Waals surface area (Å²) in [6, 6.07) is 10.8. The highest BCUT2D eigenvalue weighted by molar-refractivity contribution is 7.90. The number of alkyl halides is 3. The molecule has 1 saturated heterocycles. The zero-order valence-electron chi connectivity index (χ0n) is 16.9. The fourth-order valence-corrected chi connectivity index (χ4v) is 5.57. The molecule has 10 heteroatoms. The van der Waals surface area contributed by atoms with Gasteiger partial charge in [-0.25, -0.2) is 17.9 Å². The van der Waals surface area contributed by atoms with Crippen molar-refractivity contribution >= 4 is 16.0 Å². The van der Waals surface area contributed by atoms with Gasteiger partial charge in [-0.3, -0.25) is 0 Å². The van der Waals surface area contributed by atoms with Crippen LogP contribution in [0.15, 0.2) is 60.2 Å². The number of benzene rings is 2. The van der Waals surface area contributed by atoms with Gasteiger partial charge in [0.05, 0.1) is 18.2 Å². The maximum absolute atomic E-state index is 12.8. The largest absolute Gasteiger partial charge is 0.497 e. The molecule has 2 aromatic carbocycles. The lowest BCUT2D eigenvalue weighted by Gasteiger charge is -2.32. The van der Waals surface area contributed by atoms with E-state index in [2.05, 4.69) is 4.72 Å². The van der Waals surface area contributed by atoms with Crippen molar-refractivity contribution in [2.24, 2.45) is 0 Å². The van der Waals surface area contributed by atoms with Gasteiger partial charge in [-0.1, -0.05) is 18.2 Å². The maximum atomic E-state index is 12.8. The van der Waals surface area contributed by atoms with Crippen LogP contribution in [0, 0.1) is 0 Å². The van der Waals surface area contributed by atoms with Crippen molar-refractivity contribution in [1.82, 2.24) is 4.72 Å². The standard InChI is InChI=1S/C22H20F3NO5S/c1-30-17-8-4-13(5-9-17)18-10-15-12-26-32(28,29)20(15)11-19(18)31-21(27)14-2-6-16(7-3-14)22(23,24)25/h2-10,18-20,26H,11-12H2,1H3/t18-,19-,20+/m1/s1. The Morgan fingerprint density at radius 1 is 1.06 bits per heavy atom. The molecule has 1 aliphatic heterocycles. The molecule has 2 aromatic rings. The minimum atomic E-state index is -4.52. The molecule has 0 saturated carbocycles. The van der Waals surface area contributed by atoms with Gasteiger partial charge in [-0.2, -0.15) is 13.2 Å². The van der Waals surface area contributed by atoms with Gasteiger partial charge in [0, 0.05) is 18.9 Å². The van der Waals surface area contributed by atoms with Gasteiger partial charge in [0.1, 0.15) is 17.1 Å². The van der Waals surface area contributed by atoms with Crippen LogP contribution in [0.1, 0.15) is 33.8 Å². The van der Waals surface area contributed by atoms with E-state index in [0.717, 1.165) is 29.8 Å². The van der Waals surface area contributed by atoms with E-state index < -0.39 is 45.0 Å². The van der Waals surface area contributed by atoms with Crippen LogP contribution in [-0.4, -0.2) is 39.4 Å². The van der Waals surface area contributed by atoms with Crippen molar-refractivity contribution in [3.63, 3.8) is 0 Å². The number of hydrogen-bond donors (Lipinski definition) is 1. The van der Waals surface area contributed by atoms with Gasteiger partial charge in [0.2, 0.25) is 10.0 Å². The molecule has 0 amide bonds. The van der Waals surface area contributed by atoms with E-state index in [1.165, 1.54) is 7.11 Å². The minimum Gasteiger partial charge on any atom is -0.497 e. The summed E-state index contributed by atoms with van der Waals surface area (Å²) in [7, 11) is -2.04. The lowest BCUT2D eigenvalue weighted by molar-refractivity contribution is -0.137. The maximum Gasteiger partial charge on any atom is 0.416 e. The van der Waals surface area contributed by atoms with Gasteiger partial charge in [0.25, 0.3) is 0 Å². The van der Waals surface area contributed by atoms with Crippen LogP contribution in [0.2, 0.25) is 0 Å². The third-order valence-electron chi connectivity index (χ3n) is 5.71. The van der Waals surface area contributed by atoms with Gasteiger partial charge < -0.3 is 9.47 Å². The number of esters is 1. The highest BCUT2D eigenvalue weighted by atomic mass is 32.2. The summed E-state index contributed by atoms with van der Waals surface area (Å²) in [6.07, 6.45) is -3.50. The normalized spacial score (nSPS) is 24.4. The van der Waals surface area contributed by atoms with E-state index >= 15 is 0 Å². The second-order valence-corrected chi connectivity index (χ2v) is 9.60. The zero-order valence-corrected chi connectivity index (χ0v) is 17.7. The molecule has 1 N–H and O–H groups in total. The molecule has 3 atom stereocenters. The van der Waals surface area contributed by atoms with Gasteiger partial charge >= 0.3 is 12.1 Å². The highest BCUT2D eigenvalue weighted by Gasteiger charge is 2.44. The number of ether oxygens (including phenoxy) is 2. The third kappa shape index (κ3) is 4.37. The van der Waals surface area contributed by atoms with Crippen LogP contribution >= 0.6 is 0 Å². The highest BCUT2D eigenvalue weighted by Crippen LogP contribution is 2.39. The number of nitrogens with one attached hydrogen (secondary N) is 1. The number of sulfonamides is 1. The van der Waals surface area contributed by atoms with E-state index in [1.54, 1.807) is 30.3 Å². The summed E-state index contributed by atoms with van der Waals surface area (Å²) in [6.45, 7) is 0.194. The van der Waals surface area contributed by atoms with Crippen molar-refractivity contribution in [1.29, 1.82) is 0 Å². The van der Waals surface area contributed by atoms with E-state index in [-0.39, 0.29) is 18.5 Å². The summed E-state index contributed by atoms with van der Waals surface area (Å²) >= 11 is 0. The van der Waals surface area contributed by atoms with Gasteiger partial charge in [0.15, 0.2) is 0 Å². The average molecular weight is 467 g/mol. The molecule has 1 aliphatic carbocycles. The van der Waals surface area contributed by atoms with Crippen LogP contribution in [0.5, 0.6) is 5.75 Å². The van der Waals surface area contributed by atoms with E-state index in [9.17, 15) is 26.4 Å². The van der Waals surface area contributed by atoms with E-state index in [1.807, 2.05) is 0 Å². The van der Waals surface area contributed by atoms with Crippen LogP contribution in [0.3, 0.4) is 0 Å². The van der Waals surface area contributed by atoms with E-state index in [0.29, 0.717) is 11.3 Å². The molecule has 0 unspecified atom stereocenters. The number of carbonyl (C=O) groups excluding carboxylic acids is 1. The SMILES string of the molecule is COc1ccc([C@H]2C=C3CNS(=O)(=O)[C@H]3C[C@H]2OC(=O)c2ccc(C(F)(F)F)cc2)cc1. The van der Waals surface area contributed by atoms with Gasteiger partial charge in [-0.15, -0.1) is 0 Å². The summed E-state index contributed by atoms with van der Waals surface area (Å²) in [5.41, 5.74) is 0.575. The lowest BCUT2D eigenvalue weighted by Crippen LogP contribution is -2.36. The Hall–Kier alpha value is -2.85. The first-order valence-corrected chi connectivity index (χ1v) is 11.3. The number of fused-ring (bicyclic) bond motifs is 1. The molecule has 4 rings (SSSR count). The fourth-order valence-electron chi connectivity index (χ4n) is 4.00. The molecule has 0 bridgehead atoms. The van der Waals surface area contributed by atoms with Crippen molar-refractivity contribution in [2.75, 3.05) is 13.7 Å². The Morgan fingerprint density at radius 2 is 1.72 bits per heavy atom. The molecular weight excluding hydrogens is 447 g/mol. The average Bonchev–Trinajstić information content (AvgIpc) is 3.06. The summed E-state index contributed by atoms with van der Waals surface area (Å²) in [5, 5.41) is -0.817. The molecule has 0 radical (unpaired) electrons. The molecule has 0 spiro atoms. The fraction of sp³-hybridized carbons (Fsp3) is 0.318. The van der Waals surface area contributed by atoms with Crippen molar-refractivity contribution < 1.29 is 35.9 Å². The summed E-state index contributed by atoms with van der Waals surface area (Å²) in [5.74, 6) is -0.596. The number of hydrogen-bond acceptors (Lipinski definition) is 5. The van der Waals surface area contributed by atoms with Crippen LogP contribution < -0.4 is 9.46 Å². The second kappa shape index (κ2) is 8.25. The molecule has 1 fully saturated rings. The van der Waals surface area contributed by atoms with Crippen LogP contribution in [0.4, 0.5) is 13.2 Å². The van der Waals surface area contributed by atoms with Crippen molar-refractivity contribution in [2.45, 2.75) is 29.9 Å². The van der Waals surface area contributed by atoms with Gasteiger partial charge in [-0.05, 0) is 47.5 Å². The number of carbonyl (C=O) groups is 1. The molecular formula is C22H20F3NO5S. The summed E-state index contributed by atoms with van der Waals surface area (Å²) < 4.78 is 76.3. The molecule has 32 heavy (non-hydrogen) atoms. The summed E-state index contributed by atoms with van der Waals surface area (Å²) in [4.78, 5) is 12.7. The molecule has 6 nitrogen and oxygen atoms in total. The predicted octanol–water partition coefficient (Wildman–Crippen LogP) is 3.65. The van der Waals surface area contributed by atoms with Crippen LogP contribution in [0.25, 0.3) is 0 Å². The van der Waals surface area contributed by atoms with Crippen molar-refractivity contribution in [3.05, 3.63) is 76.9 Å². The zero-order chi connectivity index (χ0) is 23.1. The second-order valence-electron chi connectivity index (χ2n) is 7.65. The minimum absolute atomic E-state index is 0.0459. The predicted molar refractivity (Wildman–Crippen MR) is 110 cm³/mol. The first kappa shape index (κ1) is 22.3. The Kier molecular flexibility index (Phi) is 5.76. The number of methoxy groups -OCH3 is 1. The van der Waals surface area contributed by atoms with Crippen molar-refractivity contribution in [3.8, 4) is 5.75 Å². The first-order valence-electron chi connectivity index (χ1n) is 9.80. The smallest absolute Gasteiger partial charge is 0.416 e. The first-order chi connectivity index (χ1) is 15.1. The lowest BCUT2D eigenvalue weighted by atomic mass is 9.82. The third-order valence-corrected chi connectivity index (χ3v) is 7.50. The number of rotatable bonds is 4. The number of halogens is 3. The molecule has 0 aromatic heterocycles. The van der Waals surface area contributed by atoms with Crippen LogP contribution in [-0.2, 0) is 20.9 Å². The molecule has 1 heterocycles. The Bertz CT molecular complexity index is 1140. The quantitative estimate of drug-likeness (QED) is 0.548. The Balaban J connectivity index is 1.62. The van der Waals surface area contributed by atoms with E-state index in [4.69, 9.17) is 9.47 Å². The monoisotopic (exact) mass is 467 g/mol. The molecule has 170 valence electrons.